The highest BCUT2D eigenvalue weighted by atomic mass is 16.5. The molecular weight excluding hydrogens is 208 g/mol. The minimum absolute atomic E-state index is 0.150. The van der Waals surface area contributed by atoms with Gasteiger partial charge in [-0.25, -0.2) is 0 Å². The molecule has 1 aromatic rings. The second-order valence-corrected chi connectivity index (χ2v) is 3.18. The second-order valence-electron chi connectivity index (χ2n) is 3.18. The molecule has 16 heavy (non-hydrogen) atoms. The van der Waals surface area contributed by atoms with Crippen molar-refractivity contribution in [3.8, 4) is 6.07 Å². The first-order chi connectivity index (χ1) is 7.61. The third-order valence-corrected chi connectivity index (χ3v) is 2.11. The molecule has 0 N–H and O–H groups in total. The number of carbonyl (C=O) groups excluding carboxylic acids is 2. The third-order valence-electron chi connectivity index (χ3n) is 2.11. The Morgan fingerprint density at radius 3 is 2.75 bits per heavy atom. The molecule has 0 aliphatic rings. The van der Waals surface area contributed by atoms with Crippen molar-refractivity contribution in [1.82, 2.24) is 4.57 Å². The molecule has 0 spiro atoms. The maximum absolute atomic E-state index is 11.8. The Hall–Kier alpha value is -2.09. The molecule has 5 nitrogen and oxygen atoms in total. The lowest BCUT2D eigenvalue weighted by Gasteiger charge is -2.07. The molecule has 0 saturated carbocycles. The summed E-state index contributed by atoms with van der Waals surface area (Å²) in [6.07, 6.45) is 1.67. The second kappa shape index (κ2) is 5.12. The lowest BCUT2D eigenvalue weighted by molar-refractivity contribution is -0.144. The van der Waals surface area contributed by atoms with Crippen LogP contribution in [0.2, 0.25) is 0 Å². The van der Waals surface area contributed by atoms with Crippen LogP contribution in [0.15, 0.2) is 18.3 Å². The van der Waals surface area contributed by atoms with Gasteiger partial charge >= 0.3 is 5.97 Å². The highest BCUT2D eigenvalue weighted by Crippen LogP contribution is 2.10. The molecule has 1 aromatic heterocycles. The monoisotopic (exact) mass is 220 g/mol. The van der Waals surface area contributed by atoms with Gasteiger partial charge in [-0.05, 0) is 19.1 Å². The lowest BCUT2D eigenvalue weighted by Crippen LogP contribution is -2.26. The fraction of sp³-hybridized carbons (Fsp3) is 0.364. The number of Topliss-reactive ketones (excluding diaryl/α,β-unsaturated/α-hetero) is 1. The molecule has 1 unspecified atom stereocenters. The fourth-order valence-corrected chi connectivity index (χ4v) is 1.31. The number of aromatic nitrogens is 1. The van der Waals surface area contributed by atoms with Crippen LogP contribution >= 0.6 is 0 Å². The number of nitrogens with zero attached hydrogens (tertiary/aromatic N) is 2. The van der Waals surface area contributed by atoms with Gasteiger partial charge < -0.3 is 9.30 Å². The van der Waals surface area contributed by atoms with Crippen LogP contribution in [0.5, 0.6) is 0 Å². The SMILES string of the molecule is CCOC(=O)C(C#N)C(=O)c1cccn1C. The Labute approximate surface area is 93.2 Å². The Bertz CT molecular complexity index is 442. The van der Waals surface area contributed by atoms with Gasteiger partial charge in [0.25, 0.3) is 0 Å². The van der Waals surface area contributed by atoms with Gasteiger partial charge in [0.2, 0.25) is 11.7 Å². The number of aryl methyl sites for hydroxylation is 1. The number of carbonyl (C=O) groups is 2. The molecule has 0 aliphatic carbocycles. The number of nitriles is 1. The number of esters is 1. The molecule has 1 heterocycles. The van der Waals surface area contributed by atoms with E-state index in [-0.39, 0.29) is 6.61 Å². The summed E-state index contributed by atoms with van der Waals surface area (Å²) < 4.78 is 6.22. The minimum Gasteiger partial charge on any atom is -0.465 e. The zero-order chi connectivity index (χ0) is 12.1. The van der Waals surface area contributed by atoms with Crippen molar-refractivity contribution in [2.24, 2.45) is 13.0 Å². The Kier molecular flexibility index (Phi) is 3.84. The average molecular weight is 220 g/mol. The van der Waals surface area contributed by atoms with Crippen LogP contribution in [-0.4, -0.2) is 22.9 Å². The van der Waals surface area contributed by atoms with Crippen LogP contribution in [-0.2, 0) is 16.6 Å². The zero-order valence-corrected chi connectivity index (χ0v) is 9.14. The van der Waals surface area contributed by atoms with Gasteiger partial charge in [-0.15, -0.1) is 0 Å². The smallest absolute Gasteiger partial charge is 0.331 e. The molecule has 1 rings (SSSR count). The van der Waals surface area contributed by atoms with E-state index in [2.05, 4.69) is 4.74 Å². The van der Waals surface area contributed by atoms with Crippen molar-refractivity contribution in [1.29, 1.82) is 5.26 Å². The molecule has 1 atom stereocenters. The molecule has 84 valence electrons. The van der Waals surface area contributed by atoms with E-state index in [0.717, 1.165) is 0 Å². The number of ether oxygens (including phenoxy) is 1. The first-order valence-corrected chi connectivity index (χ1v) is 4.83. The van der Waals surface area contributed by atoms with Crippen molar-refractivity contribution < 1.29 is 14.3 Å². The van der Waals surface area contributed by atoms with E-state index in [0.29, 0.717) is 5.69 Å². The molecule has 0 amide bonds. The number of rotatable bonds is 4. The topological polar surface area (TPSA) is 72.1 Å². The van der Waals surface area contributed by atoms with E-state index >= 15 is 0 Å². The minimum atomic E-state index is -1.38. The van der Waals surface area contributed by atoms with E-state index < -0.39 is 17.7 Å². The van der Waals surface area contributed by atoms with E-state index in [9.17, 15) is 9.59 Å². The van der Waals surface area contributed by atoms with Crippen molar-refractivity contribution in [3.05, 3.63) is 24.0 Å². The summed E-state index contributed by atoms with van der Waals surface area (Å²) >= 11 is 0. The van der Waals surface area contributed by atoms with Crippen LogP contribution in [0.4, 0.5) is 0 Å². The van der Waals surface area contributed by atoms with E-state index in [4.69, 9.17) is 5.26 Å². The fourth-order valence-electron chi connectivity index (χ4n) is 1.31. The Balaban J connectivity index is 2.92. The summed E-state index contributed by atoms with van der Waals surface area (Å²) in [5, 5.41) is 8.80. The molecule has 5 heteroatoms. The summed E-state index contributed by atoms with van der Waals surface area (Å²) in [4.78, 5) is 23.2. The van der Waals surface area contributed by atoms with Crippen LogP contribution in [0.3, 0.4) is 0 Å². The molecular formula is C11H12N2O3. The standard InChI is InChI=1S/C11H12N2O3/c1-3-16-11(15)8(7-12)10(14)9-5-4-6-13(9)2/h4-6,8H,3H2,1-2H3. The predicted octanol–water partition coefficient (Wildman–Crippen LogP) is 0.911. The zero-order valence-electron chi connectivity index (χ0n) is 9.14. The van der Waals surface area contributed by atoms with E-state index in [1.807, 2.05) is 0 Å². The third kappa shape index (κ3) is 2.28. The first-order valence-electron chi connectivity index (χ1n) is 4.83. The van der Waals surface area contributed by atoms with Gasteiger partial charge in [0.05, 0.1) is 18.4 Å². The van der Waals surface area contributed by atoms with Crippen molar-refractivity contribution >= 4 is 11.8 Å². The van der Waals surface area contributed by atoms with Gasteiger partial charge in [-0.3, -0.25) is 9.59 Å². The molecule has 0 aromatic carbocycles. The van der Waals surface area contributed by atoms with Crippen molar-refractivity contribution in [2.45, 2.75) is 6.92 Å². The van der Waals surface area contributed by atoms with Crippen LogP contribution in [0.25, 0.3) is 0 Å². The quantitative estimate of drug-likeness (QED) is 0.429. The summed E-state index contributed by atoms with van der Waals surface area (Å²) in [5.74, 6) is -2.71. The molecule has 0 fully saturated rings. The molecule has 0 radical (unpaired) electrons. The van der Waals surface area contributed by atoms with E-state index in [1.165, 1.54) is 0 Å². The normalized spacial score (nSPS) is 11.6. The van der Waals surface area contributed by atoms with Gasteiger partial charge in [0.15, 0.2) is 0 Å². The summed E-state index contributed by atoms with van der Waals surface area (Å²) in [7, 11) is 1.67. The Morgan fingerprint density at radius 2 is 2.31 bits per heavy atom. The number of ketones is 1. The largest absolute Gasteiger partial charge is 0.465 e. The van der Waals surface area contributed by atoms with Gasteiger partial charge in [-0.2, -0.15) is 5.26 Å². The number of hydrogen-bond donors (Lipinski definition) is 0. The summed E-state index contributed by atoms with van der Waals surface area (Å²) in [6, 6.07) is 4.90. The summed E-state index contributed by atoms with van der Waals surface area (Å²) in [5.41, 5.74) is 0.319. The maximum Gasteiger partial charge on any atom is 0.331 e. The lowest BCUT2D eigenvalue weighted by atomic mass is 10.0. The van der Waals surface area contributed by atoms with Gasteiger partial charge in [-0.1, -0.05) is 0 Å². The highest BCUT2D eigenvalue weighted by Gasteiger charge is 2.30. The van der Waals surface area contributed by atoms with Crippen LogP contribution in [0, 0.1) is 17.2 Å². The van der Waals surface area contributed by atoms with Gasteiger partial charge in [0, 0.05) is 13.2 Å². The molecule has 0 saturated heterocycles. The highest BCUT2D eigenvalue weighted by molar-refractivity contribution is 6.09. The van der Waals surface area contributed by atoms with Gasteiger partial charge in [0.1, 0.15) is 0 Å². The van der Waals surface area contributed by atoms with Crippen molar-refractivity contribution in [2.75, 3.05) is 6.61 Å². The van der Waals surface area contributed by atoms with Crippen LogP contribution in [0.1, 0.15) is 17.4 Å². The Morgan fingerprint density at radius 1 is 1.62 bits per heavy atom. The number of hydrogen-bond acceptors (Lipinski definition) is 4. The molecule has 0 aliphatic heterocycles. The van der Waals surface area contributed by atoms with E-state index in [1.54, 1.807) is 42.9 Å². The average Bonchev–Trinajstić information content (AvgIpc) is 2.65. The molecule has 0 bridgehead atoms. The predicted molar refractivity (Wildman–Crippen MR) is 55.5 cm³/mol. The first kappa shape index (κ1) is 12.0. The van der Waals surface area contributed by atoms with Crippen molar-refractivity contribution in [3.63, 3.8) is 0 Å². The summed E-state index contributed by atoms with van der Waals surface area (Å²) in [6.45, 7) is 1.77. The van der Waals surface area contributed by atoms with Crippen LogP contribution < -0.4 is 0 Å². The maximum atomic E-state index is 11.8.